The Morgan fingerprint density at radius 3 is 2.75 bits per heavy atom. The number of hydrogen-bond acceptors (Lipinski definition) is 4. The van der Waals surface area contributed by atoms with E-state index < -0.39 is 0 Å². The number of thiazole rings is 1. The summed E-state index contributed by atoms with van der Waals surface area (Å²) in [5.74, 6) is 0.811. The third kappa shape index (κ3) is 3.00. The van der Waals surface area contributed by atoms with Gasteiger partial charge in [-0.25, -0.2) is 9.97 Å². The minimum Gasteiger partial charge on any atom is -0.362 e. The summed E-state index contributed by atoms with van der Waals surface area (Å²) in [4.78, 5) is 12.1. The van der Waals surface area contributed by atoms with Crippen molar-refractivity contribution in [2.24, 2.45) is 0 Å². The molecule has 0 saturated heterocycles. The van der Waals surface area contributed by atoms with Crippen molar-refractivity contribution in [2.75, 3.05) is 5.32 Å². The van der Waals surface area contributed by atoms with Crippen LogP contribution in [0.25, 0.3) is 11.3 Å². The monoisotopic (exact) mass is 306 g/mol. The summed E-state index contributed by atoms with van der Waals surface area (Å²) >= 11 is 1.58. The van der Waals surface area contributed by atoms with E-state index in [9.17, 15) is 0 Å². The fourth-order valence-corrected chi connectivity index (χ4v) is 2.71. The Labute approximate surface area is 127 Å². The van der Waals surface area contributed by atoms with Crippen LogP contribution in [-0.4, -0.2) is 15.0 Å². The minimum atomic E-state index is 0. The fraction of sp³-hybridized carbons (Fsp3) is 0.143. The van der Waals surface area contributed by atoms with Crippen molar-refractivity contribution in [3.63, 3.8) is 0 Å². The molecule has 0 amide bonds. The first-order valence-electron chi connectivity index (χ1n) is 6.02. The van der Waals surface area contributed by atoms with Crippen LogP contribution in [0.1, 0.15) is 11.4 Å². The molecule has 0 atom stereocenters. The summed E-state index contributed by atoms with van der Waals surface area (Å²) < 4.78 is 0. The van der Waals surface area contributed by atoms with E-state index in [1.54, 1.807) is 17.5 Å². The van der Waals surface area contributed by atoms with Gasteiger partial charge in [-0.05, 0) is 32.0 Å². The first-order chi connectivity index (χ1) is 9.22. The highest BCUT2D eigenvalue weighted by Crippen LogP contribution is 2.29. The number of hydrogen-bond donors (Lipinski definition) is 2. The molecule has 0 aliphatic rings. The summed E-state index contributed by atoms with van der Waals surface area (Å²) in [6.45, 7) is 4.11. The van der Waals surface area contributed by atoms with Gasteiger partial charge in [0.15, 0.2) is 5.13 Å². The van der Waals surface area contributed by atoms with Crippen LogP contribution in [0.15, 0.2) is 35.8 Å². The van der Waals surface area contributed by atoms with Crippen molar-refractivity contribution < 1.29 is 0 Å². The molecule has 2 N–H and O–H groups in total. The van der Waals surface area contributed by atoms with Crippen molar-refractivity contribution in [3.05, 3.63) is 47.2 Å². The van der Waals surface area contributed by atoms with E-state index >= 15 is 0 Å². The lowest BCUT2D eigenvalue weighted by molar-refractivity contribution is 1.19. The molecule has 0 saturated carbocycles. The van der Waals surface area contributed by atoms with Gasteiger partial charge >= 0.3 is 0 Å². The Morgan fingerprint density at radius 1 is 1.25 bits per heavy atom. The number of H-pyrrole nitrogens is 1. The topological polar surface area (TPSA) is 53.6 Å². The first kappa shape index (κ1) is 14.6. The number of anilines is 2. The Kier molecular flexibility index (Phi) is 4.42. The predicted molar refractivity (Wildman–Crippen MR) is 86.1 cm³/mol. The van der Waals surface area contributed by atoms with E-state index in [0.29, 0.717) is 0 Å². The molecule has 0 aliphatic carbocycles. The van der Waals surface area contributed by atoms with Crippen molar-refractivity contribution in [3.8, 4) is 11.3 Å². The standard InChI is InChI=1S/C14H14N4S.ClH/c1-9-7-11(10(2)16-9)12-8-19-14(17-12)18-13-5-3-4-6-15-13;/h3-8,16H,1-2H3,(H,15,17,18);1H. The largest absolute Gasteiger partial charge is 0.362 e. The van der Waals surface area contributed by atoms with E-state index in [0.717, 1.165) is 33.6 Å². The number of halogens is 1. The zero-order valence-electron chi connectivity index (χ0n) is 11.2. The van der Waals surface area contributed by atoms with Gasteiger partial charge in [-0.3, -0.25) is 0 Å². The third-order valence-corrected chi connectivity index (χ3v) is 3.59. The lowest BCUT2D eigenvalue weighted by Crippen LogP contribution is -1.91. The number of nitrogens with zero attached hydrogens (tertiary/aromatic N) is 2. The molecule has 0 aliphatic heterocycles. The predicted octanol–water partition coefficient (Wildman–Crippen LogP) is 4.32. The molecule has 3 aromatic heterocycles. The molecule has 6 heteroatoms. The molecule has 0 aromatic carbocycles. The maximum Gasteiger partial charge on any atom is 0.188 e. The second-order valence-electron chi connectivity index (χ2n) is 4.37. The number of aromatic nitrogens is 3. The van der Waals surface area contributed by atoms with Crippen LogP contribution in [0, 0.1) is 13.8 Å². The highest BCUT2D eigenvalue weighted by atomic mass is 35.5. The van der Waals surface area contributed by atoms with Gasteiger partial charge in [0.1, 0.15) is 5.82 Å². The summed E-state index contributed by atoms with van der Waals surface area (Å²) in [7, 11) is 0. The number of rotatable bonds is 3. The number of aromatic amines is 1. The molecule has 3 rings (SSSR count). The zero-order chi connectivity index (χ0) is 13.2. The van der Waals surface area contributed by atoms with E-state index in [-0.39, 0.29) is 12.4 Å². The SMILES string of the molecule is Cc1cc(-c2csc(Nc3ccccn3)n2)c(C)[nH]1.Cl. The van der Waals surface area contributed by atoms with Crippen LogP contribution >= 0.6 is 23.7 Å². The molecule has 0 spiro atoms. The van der Waals surface area contributed by atoms with Crippen LogP contribution in [0.4, 0.5) is 10.9 Å². The normalized spacial score (nSPS) is 10.1. The van der Waals surface area contributed by atoms with E-state index in [2.05, 4.69) is 45.6 Å². The average molecular weight is 307 g/mol. The van der Waals surface area contributed by atoms with Crippen molar-refractivity contribution in [1.82, 2.24) is 15.0 Å². The molecule has 3 aromatic rings. The van der Waals surface area contributed by atoms with Gasteiger partial charge in [0, 0.05) is 28.5 Å². The number of pyridine rings is 1. The van der Waals surface area contributed by atoms with E-state index in [1.165, 1.54) is 0 Å². The van der Waals surface area contributed by atoms with Gasteiger partial charge < -0.3 is 10.3 Å². The Morgan fingerprint density at radius 2 is 2.10 bits per heavy atom. The summed E-state index contributed by atoms with van der Waals surface area (Å²) in [5.41, 5.74) is 4.44. The maximum absolute atomic E-state index is 4.60. The summed E-state index contributed by atoms with van der Waals surface area (Å²) in [6.07, 6.45) is 1.76. The van der Waals surface area contributed by atoms with Crippen molar-refractivity contribution in [2.45, 2.75) is 13.8 Å². The lowest BCUT2D eigenvalue weighted by atomic mass is 10.2. The lowest BCUT2D eigenvalue weighted by Gasteiger charge is -1.99. The Bertz CT molecular complexity index is 690. The number of nitrogens with one attached hydrogen (secondary N) is 2. The van der Waals surface area contributed by atoms with Crippen molar-refractivity contribution in [1.29, 1.82) is 0 Å². The molecule has 4 nitrogen and oxygen atoms in total. The number of aryl methyl sites for hydroxylation is 2. The second kappa shape index (κ2) is 6.07. The smallest absolute Gasteiger partial charge is 0.188 e. The van der Waals surface area contributed by atoms with Gasteiger partial charge in [-0.15, -0.1) is 23.7 Å². The second-order valence-corrected chi connectivity index (χ2v) is 5.23. The molecular weight excluding hydrogens is 292 g/mol. The molecule has 3 heterocycles. The summed E-state index contributed by atoms with van der Waals surface area (Å²) in [6, 6.07) is 7.88. The van der Waals surface area contributed by atoms with Crippen LogP contribution in [0.2, 0.25) is 0 Å². The van der Waals surface area contributed by atoms with E-state index in [4.69, 9.17) is 0 Å². The van der Waals surface area contributed by atoms with Crippen LogP contribution in [0.3, 0.4) is 0 Å². The average Bonchev–Trinajstić information content (AvgIpc) is 2.97. The van der Waals surface area contributed by atoms with E-state index in [1.807, 2.05) is 18.2 Å². The molecule has 0 bridgehead atoms. The Hall–Kier alpha value is -1.85. The van der Waals surface area contributed by atoms with Crippen LogP contribution in [-0.2, 0) is 0 Å². The van der Waals surface area contributed by atoms with Gasteiger partial charge in [-0.1, -0.05) is 6.07 Å². The van der Waals surface area contributed by atoms with Gasteiger partial charge in [0.25, 0.3) is 0 Å². The highest BCUT2D eigenvalue weighted by molar-refractivity contribution is 7.14. The molecule has 0 fully saturated rings. The van der Waals surface area contributed by atoms with Gasteiger partial charge in [0.2, 0.25) is 0 Å². The van der Waals surface area contributed by atoms with Gasteiger partial charge in [0.05, 0.1) is 5.69 Å². The highest BCUT2D eigenvalue weighted by Gasteiger charge is 2.09. The summed E-state index contributed by atoms with van der Waals surface area (Å²) in [5, 5.41) is 6.12. The maximum atomic E-state index is 4.60. The fourth-order valence-electron chi connectivity index (χ4n) is 1.99. The van der Waals surface area contributed by atoms with Crippen molar-refractivity contribution >= 4 is 34.7 Å². The van der Waals surface area contributed by atoms with Gasteiger partial charge in [-0.2, -0.15) is 0 Å². The molecule has 0 unspecified atom stereocenters. The Balaban J connectivity index is 0.00000147. The minimum absolute atomic E-state index is 0. The third-order valence-electron chi connectivity index (χ3n) is 2.83. The molecule has 20 heavy (non-hydrogen) atoms. The first-order valence-corrected chi connectivity index (χ1v) is 6.90. The van der Waals surface area contributed by atoms with Crippen LogP contribution in [0.5, 0.6) is 0 Å². The molecular formula is C14H15ClN4S. The quantitative estimate of drug-likeness (QED) is 0.758. The molecule has 104 valence electrons. The van der Waals surface area contributed by atoms with Crippen LogP contribution < -0.4 is 5.32 Å². The zero-order valence-corrected chi connectivity index (χ0v) is 12.8. The molecule has 0 radical (unpaired) electrons.